The van der Waals surface area contributed by atoms with E-state index in [2.05, 4.69) is 10.9 Å². The summed E-state index contributed by atoms with van der Waals surface area (Å²) in [4.78, 5) is 1.37. The Kier molecular flexibility index (Phi) is 7.67. The van der Waals surface area contributed by atoms with Crippen LogP contribution in [0.1, 0.15) is 0 Å². The van der Waals surface area contributed by atoms with E-state index in [9.17, 15) is 10.2 Å². The number of aliphatic hydroxyl groups excluding tert-OH is 4. The first kappa shape index (κ1) is 19.6. The van der Waals surface area contributed by atoms with E-state index in [0.29, 0.717) is 5.82 Å². The molecule has 2 atom stereocenters. The molecule has 1 rings (SSSR count). The highest BCUT2D eigenvalue weighted by Gasteiger charge is 2.27. The van der Waals surface area contributed by atoms with Crippen LogP contribution in [0.15, 0.2) is 24.4 Å². The Morgan fingerprint density at radius 3 is 1.83 bits per heavy atom. The quantitative estimate of drug-likeness (QED) is 0.193. The minimum absolute atomic E-state index is 0.267. The molecule has 1 aliphatic heterocycles. The van der Waals surface area contributed by atoms with E-state index in [1.807, 2.05) is 0 Å². The van der Waals surface area contributed by atoms with Crippen LogP contribution < -0.4 is 10.9 Å². The lowest BCUT2D eigenvalue weighted by Crippen LogP contribution is -2.50. The van der Waals surface area contributed by atoms with Crippen LogP contribution in [0.25, 0.3) is 0 Å². The summed E-state index contributed by atoms with van der Waals surface area (Å²) in [5.74, 6) is 0.420. The van der Waals surface area contributed by atoms with Gasteiger partial charge in [0.15, 0.2) is 12.6 Å². The normalized spacial score (nSPS) is 17.7. The summed E-state index contributed by atoms with van der Waals surface area (Å²) in [5, 5.41) is 58.8. The minimum Gasteiger partial charge on any atom is -0.386 e. The van der Waals surface area contributed by atoms with Crippen LogP contribution in [0.3, 0.4) is 0 Å². The molecule has 23 heavy (non-hydrogen) atoms. The van der Waals surface area contributed by atoms with E-state index >= 15 is 0 Å². The molecule has 0 aliphatic carbocycles. The van der Waals surface area contributed by atoms with Gasteiger partial charge in [-0.05, 0) is 0 Å². The van der Waals surface area contributed by atoms with Crippen LogP contribution in [-0.2, 0) is 0 Å². The summed E-state index contributed by atoms with van der Waals surface area (Å²) in [7, 11) is 3.32. The predicted octanol–water partition coefficient (Wildman–Crippen LogP) is -4.21. The van der Waals surface area contributed by atoms with E-state index in [-0.39, 0.29) is 13.1 Å². The maximum Gasteiger partial charge on any atom is 0.179 e. The summed E-state index contributed by atoms with van der Waals surface area (Å²) < 4.78 is 0. The Hall–Kier alpha value is -1.44. The first-order valence-corrected chi connectivity index (χ1v) is 6.96. The largest absolute Gasteiger partial charge is 0.386 e. The number of rotatable bonds is 9. The van der Waals surface area contributed by atoms with Gasteiger partial charge in [0.05, 0.1) is 19.3 Å². The molecule has 2 unspecified atom stereocenters. The molecular weight excluding hydrogens is 310 g/mol. The van der Waals surface area contributed by atoms with Crippen molar-refractivity contribution in [3.8, 4) is 0 Å². The highest BCUT2D eigenvalue weighted by molar-refractivity contribution is 5.10. The van der Waals surface area contributed by atoms with E-state index in [0.717, 1.165) is 0 Å². The molecule has 134 valence electrons. The van der Waals surface area contributed by atoms with Crippen molar-refractivity contribution < 1.29 is 30.6 Å². The lowest BCUT2D eigenvalue weighted by atomic mass is 10.2. The van der Waals surface area contributed by atoms with Crippen molar-refractivity contribution in [1.29, 1.82) is 0 Å². The van der Waals surface area contributed by atoms with Gasteiger partial charge in [-0.15, -0.1) is 0 Å². The van der Waals surface area contributed by atoms with Gasteiger partial charge in [0.2, 0.25) is 0 Å². The van der Waals surface area contributed by atoms with Crippen molar-refractivity contribution in [3.63, 3.8) is 0 Å². The molecule has 8 N–H and O–H groups in total. The topological polar surface area (TPSA) is 155 Å². The second kappa shape index (κ2) is 9.00. The fourth-order valence-corrected chi connectivity index (χ4v) is 1.91. The van der Waals surface area contributed by atoms with Gasteiger partial charge < -0.3 is 35.5 Å². The summed E-state index contributed by atoms with van der Waals surface area (Å²) in [6, 6.07) is 0. The third-order valence-electron chi connectivity index (χ3n) is 3.20. The standard InChI is InChI=1S/C12H25N5O6/c1-13-16-3-4-17(14-2)10(7-16)15(5-8(18)11(20)21)6-9(19)12(22)23/h3-4,7-9,11-14,18-23H,5-6H2,1-2H3. The SMILES string of the molecule is CNN1C=CN(NC)C(N(CC(O)C(O)O)CC(O)C(O)O)=C1. The van der Waals surface area contributed by atoms with Gasteiger partial charge in [-0.3, -0.25) is 10.0 Å². The van der Waals surface area contributed by atoms with Crippen LogP contribution in [0.2, 0.25) is 0 Å². The van der Waals surface area contributed by atoms with Crippen molar-refractivity contribution in [2.45, 2.75) is 24.8 Å². The number of hydrazine groups is 2. The first-order valence-electron chi connectivity index (χ1n) is 6.96. The molecule has 0 aromatic carbocycles. The highest BCUT2D eigenvalue weighted by Crippen LogP contribution is 2.17. The van der Waals surface area contributed by atoms with Crippen LogP contribution in [0, 0.1) is 0 Å². The lowest BCUT2D eigenvalue weighted by Gasteiger charge is -2.39. The summed E-state index contributed by atoms with van der Waals surface area (Å²) >= 11 is 0. The molecule has 0 aromatic heterocycles. The van der Waals surface area contributed by atoms with Crippen LogP contribution in [0.5, 0.6) is 0 Å². The minimum atomic E-state index is -1.98. The molecule has 0 amide bonds. The van der Waals surface area contributed by atoms with Crippen molar-refractivity contribution >= 4 is 0 Å². The summed E-state index contributed by atoms with van der Waals surface area (Å²) in [6.45, 7) is -0.534. The van der Waals surface area contributed by atoms with Crippen LogP contribution in [0.4, 0.5) is 0 Å². The highest BCUT2D eigenvalue weighted by atomic mass is 16.5. The third kappa shape index (κ3) is 5.60. The Morgan fingerprint density at radius 1 is 0.913 bits per heavy atom. The maximum atomic E-state index is 9.70. The Bertz CT molecular complexity index is 403. The summed E-state index contributed by atoms with van der Waals surface area (Å²) in [6.07, 6.45) is -2.06. The van der Waals surface area contributed by atoms with Crippen molar-refractivity contribution in [3.05, 3.63) is 24.4 Å². The average molecular weight is 335 g/mol. The molecule has 0 saturated heterocycles. The van der Waals surface area contributed by atoms with Gasteiger partial charge in [-0.25, -0.2) is 10.9 Å². The number of nitrogens with one attached hydrogen (secondary N) is 2. The molecule has 1 heterocycles. The molecule has 11 nitrogen and oxygen atoms in total. The Morgan fingerprint density at radius 2 is 1.43 bits per heavy atom. The number of aliphatic hydroxyl groups is 6. The Balaban J connectivity index is 3.01. The monoisotopic (exact) mass is 335 g/mol. The number of hydrogen-bond acceptors (Lipinski definition) is 11. The van der Waals surface area contributed by atoms with E-state index in [1.54, 1.807) is 42.7 Å². The molecule has 0 aromatic rings. The zero-order valence-electron chi connectivity index (χ0n) is 13.0. The fourth-order valence-electron chi connectivity index (χ4n) is 1.91. The second-order valence-corrected chi connectivity index (χ2v) is 4.88. The fraction of sp³-hybridized carbons (Fsp3) is 0.667. The predicted molar refractivity (Wildman–Crippen MR) is 79.1 cm³/mol. The van der Waals surface area contributed by atoms with Gasteiger partial charge in [0.1, 0.15) is 18.0 Å². The molecule has 1 aliphatic rings. The smallest absolute Gasteiger partial charge is 0.179 e. The van der Waals surface area contributed by atoms with Crippen LogP contribution >= 0.6 is 0 Å². The average Bonchev–Trinajstić information content (AvgIpc) is 2.52. The molecular formula is C12H25N5O6. The number of nitrogens with zero attached hydrogens (tertiary/aromatic N) is 3. The zero-order valence-corrected chi connectivity index (χ0v) is 13.0. The van der Waals surface area contributed by atoms with E-state index in [1.165, 1.54) is 4.90 Å². The van der Waals surface area contributed by atoms with Crippen LogP contribution in [-0.4, -0.2) is 97.5 Å². The van der Waals surface area contributed by atoms with Gasteiger partial charge in [-0.1, -0.05) is 0 Å². The van der Waals surface area contributed by atoms with Crippen molar-refractivity contribution in [2.75, 3.05) is 27.2 Å². The van der Waals surface area contributed by atoms with Crippen molar-refractivity contribution in [2.24, 2.45) is 0 Å². The molecule has 0 spiro atoms. The lowest BCUT2D eigenvalue weighted by molar-refractivity contribution is -0.143. The zero-order chi connectivity index (χ0) is 17.6. The third-order valence-corrected chi connectivity index (χ3v) is 3.20. The molecule has 11 heteroatoms. The molecule has 0 fully saturated rings. The second-order valence-electron chi connectivity index (χ2n) is 4.88. The van der Waals surface area contributed by atoms with Gasteiger partial charge in [-0.2, -0.15) is 0 Å². The maximum absolute atomic E-state index is 9.70. The molecule has 0 saturated carbocycles. The summed E-state index contributed by atoms with van der Waals surface area (Å²) in [5.41, 5.74) is 5.70. The number of hydrogen-bond donors (Lipinski definition) is 8. The van der Waals surface area contributed by atoms with E-state index in [4.69, 9.17) is 20.4 Å². The molecule has 0 bridgehead atoms. The van der Waals surface area contributed by atoms with Gasteiger partial charge in [0.25, 0.3) is 0 Å². The molecule has 0 radical (unpaired) electrons. The van der Waals surface area contributed by atoms with Gasteiger partial charge >= 0.3 is 0 Å². The first-order chi connectivity index (χ1) is 10.8. The van der Waals surface area contributed by atoms with Crippen molar-refractivity contribution in [1.82, 2.24) is 25.8 Å². The van der Waals surface area contributed by atoms with E-state index < -0.39 is 24.8 Å². The van der Waals surface area contributed by atoms with Gasteiger partial charge in [0, 0.05) is 26.5 Å². The Labute approximate surface area is 133 Å².